The Morgan fingerprint density at radius 3 is 2.62 bits per heavy atom. The first-order valence-corrected chi connectivity index (χ1v) is 7.41. The molecule has 1 aromatic heterocycles. The Bertz CT molecular complexity index is 498. The third-order valence-electron chi connectivity index (χ3n) is 3.48. The van der Waals surface area contributed by atoms with Crippen LogP contribution in [0.4, 0.5) is 18.0 Å². The Kier molecular flexibility index (Phi) is 4.72. The molecular weight excluding hydrogens is 307 g/mol. The van der Waals surface area contributed by atoms with Crippen molar-refractivity contribution in [2.75, 3.05) is 6.61 Å². The molecule has 5 nitrogen and oxygen atoms in total. The van der Waals surface area contributed by atoms with Crippen LogP contribution in [0.1, 0.15) is 36.4 Å². The minimum atomic E-state index is -4.47. The molecule has 0 spiro atoms. The van der Waals surface area contributed by atoms with Crippen LogP contribution in [0.3, 0.4) is 0 Å². The van der Waals surface area contributed by atoms with Crippen LogP contribution < -0.4 is 10.6 Å². The minimum Gasteiger partial charge on any atom is -0.394 e. The maximum atomic E-state index is 12.4. The molecule has 2 amide bonds. The fraction of sp³-hybridized carbons (Fsp3) is 0.667. The fourth-order valence-corrected chi connectivity index (χ4v) is 3.08. The Morgan fingerprint density at radius 2 is 2.10 bits per heavy atom. The van der Waals surface area contributed by atoms with E-state index in [4.69, 9.17) is 0 Å². The molecule has 0 radical (unpaired) electrons. The Hall–Kier alpha value is -1.35. The summed E-state index contributed by atoms with van der Waals surface area (Å²) in [5.41, 5.74) is -1.56. The zero-order valence-electron chi connectivity index (χ0n) is 11.2. The van der Waals surface area contributed by atoms with Gasteiger partial charge in [0.1, 0.15) is 5.01 Å². The van der Waals surface area contributed by atoms with Gasteiger partial charge >= 0.3 is 12.2 Å². The van der Waals surface area contributed by atoms with Gasteiger partial charge in [0, 0.05) is 5.38 Å². The van der Waals surface area contributed by atoms with Crippen LogP contribution in [-0.4, -0.2) is 28.3 Å². The number of aliphatic hydroxyl groups excluding tert-OH is 1. The summed E-state index contributed by atoms with van der Waals surface area (Å²) < 4.78 is 37.2. The van der Waals surface area contributed by atoms with Crippen molar-refractivity contribution in [2.24, 2.45) is 0 Å². The van der Waals surface area contributed by atoms with E-state index in [2.05, 4.69) is 15.6 Å². The number of nitrogens with zero attached hydrogens (tertiary/aromatic N) is 1. The average Bonchev–Trinajstić information content (AvgIpc) is 3.05. The zero-order valence-corrected chi connectivity index (χ0v) is 12.0. The molecule has 1 aliphatic carbocycles. The van der Waals surface area contributed by atoms with Gasteiger partial charge in [-0.25, -0.2) is 9.78 Å². The molecule has 1 aromatic rings. The molecule has 0 aromatic carbocycles. The standard InChI is InChI=1S/C12H16F3N3O2S/c13-12(14,15)8-6-21-9(17-8)5-16-10(20)18-11(7-19)3-1-2-4-11/h6,19H,1-5,7H2,(H2,16,18,20). The van der Waals surface area contributed by atoms with Gasteiger partial charge in [0.25, 0.3) is 0 Å². The maximum Gasteiger partial charge on any atom is 0.434 e. The molecule has 2 rings (SSSR count). The molecule has 0 aliphatic heterocycles. The van der Waals surface area contributed by atoms with E-state index in [1.54, 1.807) is 0 Å². The molecule has 0 saturated heterocycles. The topological polar surface area (TPSA) is 74.2 Å². The van der Waals surface area contributed by atoms with Gasteiger partial charge in [0.05, 0.1) is 18.7 Å². The van der Waals surface area contributed by atoms with Gasteiger partial charge in [-0.3, -0.25) is 0 Å². The van der Waals surface area contributed by atoms with Crippen molar-refractivity contribution in [3.63, 3.8) is 0 Å². The second kappa shape index (κ2) is 6.18. The molecule has 1 aliphatic rings. The summed E-state index contributed by atoms with van der Waals surface area (Å²) in [6.07, 6.45) is -1.20. The van der Waals surface area contributed by atoms with Gasteiger partial charge < -0.3 is 15.7 Å². The lowest BCUT2D eigenvalue weighted by Crippen LogP contribution is -2.52. The number of rotatable bonds is 4. The highest BCUT2D eigenvalue weighted by Gasteiger charge is 2.35. The first-order valence-electron chi connectivity index (χ1n) is 6.53. The van der Waals surface area contributed by atoms with E-state index in [0.29, 0.717) is 12.8 Å². The van der Waals surface area contributed by atoms with Crippen LogP contribution in [-0.2, 0) is 12.7 Å². The number of thiazole rings is 1. The van der Waals surface area contributed by atoms with Crippen LogP contribution in [0.15, 0.2) is 5.38 Å². The number of nitrogens with one attached hydrogen (secondary N) is 2. The smallest absolute Gasteiger partial charge is 0.394 e. The first kappa shape index (κ1) is 16.0. The van der Waals surface area contributed by atoms with Gasteiger partial charge in [-0.15, -0.1) is 11.3 Å². The summed E-state index contributed by atoms with van der Waals surface area (Å²) in [5.74, 6) is 0. The molecule has 0 bridgehead atoms. The summed E-state index contributed by atoms with van der Waals surface area (Å²) in [6, 6.07) is -0.505. The van der Waals surface area contributed by atoms with Crippen LogP contribution in [0.5, 0.6) is 0 Å². The molecule has 1 heterocycles. The minimum absolute atomic E-state index is 0.0753. The normalized spacial score (nSPS) is 17.7. The van der Waals surface area contributed by atoms with Crippen LogP contribution in [0.2, 0.25) is 0 Å². The molecule has 9 heteroatoms. The Morgan fingerprint density at radius 1 is 1.43 bits per heavy atom. The van der Waals surface area contributed by atoms with Crippen molar-refractivity contribution in [2.45, 2.75) is 43.9 Å². The lowest BCUT2D eigenvalue weighted by Gasteiger charge is -2.27. The molecule has 0 atom stereocenters. The maximum absolute atomic E-state index is 12.4. The summed E-state index contributed by atoms with van der Waals surface area (Å²) in [6.45, 7) is -0.218. The average molecular weight is 323 g/mol. The van der Waals surface area contributed by atoms with E-state index in [0.717, 1.165) is 29.6 Å². The largest absolute Gasteiger partial charge is 0.434 e. The Labute approximate surface area is 123 Å². The molecule has 21 heavy (non-hydrogen) atoms. The highest BCUT2D eigenvalue weighted by atomic mass is 32.1. The number of hydrogen-bond acceptors (Lipinski definition) is 4. The van der Waals surface area contributed by atoms with E-state index in [9.17, 15) is 23.1 Å². The highest BCUT2D eigenvalue weighted by molar-refractivity contribution is 7.09. The number of aromatic nitrogens is 1. The fourth-order valence-electron chi connectivity index (χ4n) is 2.34. The van der Waals surface area contributed by atoms with Crippen molar-refractivity contribution in [3.8, 4) is 0 Å². The number of carbonyl (C=O) groups excluding carboxylic acids is 1. The molecule has 118 valence electrons. The highest BCUT2D eigenvalue weighted by Crippen LogP contribution is 2.30. The van der Waals surface area contributed by atoms with Gasteiger partial charge in [-0.1, -0.05) is 12.8 Å². The quantitative estimate of drug-likeness (QED) is 0.796. The number of alkyl halides is 3. The van der Waals surface area contributed by atoms with Gasteiger partial charge in [-0.2, -0.15) is 13.2 Å². The van der Waals surface area contributed by atoms with E-state index in [1.807, 2.05) is 0 Å². The predicted molar refractivity (Wildman–Crippen MR) is 70.8 cm³/mol. The molecule has 3 N–H and O–H groups in total. The van der Waals surface area contributed by atoms with E-state index >= 15 is 0 Å². The number of aliphatic hydroxyl groups is 1. The zero-order chi connectivity index (χ0) is 15.5. The third-order valence-corrected chi connectivity index (χ3v) is 4.33. The lowest BCUT2D eigenvalue weighted by atomic mass is 9.99. The number of hydrogen-bond donors (Lipinski definition) is 3. The van der Waals surface area contributed by atoms with Crippen LogP contribution >= 0.6 is 11.3 Å². The van der Waals surface area contributed by atoms with E-state index in [-0.39, 0.29) is 18.2 Å². The number of carbonyl (C=O) groups is 1. The first-order chi connectivity index (χ1) is 9.85. The molecule has 1 saturated carbocycles. The van der Waals surface area contributed by atoms with E-state index in [1.165, 1.54) is 0 Å². The SMILES string of the molecule is O=C(NCc1nc(C(F)(F)F)cs1)NC1(CO)CCCC1. The predicted octanol–water partition coefficient (Wildman–Crippen LogP) is 2.27. The lowest BCUT2D eigenvalue weighted by molar-refractivity contribution is -0.140. The summed E-state index contributed by atoms with van der Waals surface area (Å²) >= 11 is 0.843. The second-order valence-electron chi connectivity index (χ2n) is 5.08. The number of urea groups is 1. The number of halogens is 3. The second-order valence-corrected chi connectivity index (χ2v) is 6.02. The van der Waals surface area contributed by atoms with Crippen LogP contribution in [0, 0.1) is 0 Å². The van der Waals surface area contributed by atoms with Gasteiger partial charge in [-0.05, 0) is 12.8 Å². The van der Waals surface area contributed by atoms with Crippen molar-refractivity contribution in [1.29, 1.82) is 0 Å². The molecule has 1 fully saturated rings. The van der Waals surface area contributed by atoms with Gasteiger partial charge in [0.2, 0.25) is 0 Å². The third kappa shape index (κ3) is 4.07. The number of amides is 2. The summed E-state index contributed by atoms with van der Waals surface area (Å²) in [5, 5.41) is 15.6. The van der Waals surface area contributed by atoms with Crippen molar-refractivity contribution < 1.29 is 23.1 Å². The van der Waals surface area contributed by atoms with Crippen LogP contribution in [0.25, 0.3) is 0 Å². The van der Waals surface area contributed by atoms with Gasteiger partial charge in [0.15, 0.2) is 5.69 Å². The van der Waals surface area contributed by atoms with Crippen molar-refractivity contribution >= 4 is 17.4 Å². The Balaban J connectivity index is 1.85. The molecule has 0 unspecified atom stereocenters. The summed E-state index contributed by atoms with van der Waals surface area (Å²) in [7, 11) is 0. The van der Waals surface area contributed by atoms with Crippen molar-refractivity contribution in [1.82, 2.24) is 15.6 Å². The monoisotopic (exact) mass is 323 g/mol. The van der Waals surface area contributed by atoms with E-state index < -0.39 is 23.4 Å². The summed E-state index contributed by atoms with van der Waals surface area (Å²) in [4.78, 5) is 15.2. The molecular formula is C12H16F3N3O2S. The van der Waals surface area contributed by atoms with Crippen molar-refractivity contribution in [3.05, 3.63) is 16.1 Å².